The highest BCUT2D eigenvalue weighted by molar-refractivity contribution is 7.91. The quantitative estimate of drug-likeness (QED) is 0.864. The highest BCUT2D eigenvalue weighted by Gasteiger charge is 2.25. The van der Waals surface area contributed by atoms with Crippen molar-refractivity contribution in [3.63, 3.8) is 0 Å². The topological polar surface area (TPSA) is 83.5 Å². The van der Waals surface area contributed by atoms with Gasteiger partial charge in [0.2, 0.25) is 0 Å². The number of hydrogen-bond donors (Lipinski definition) is 2. The first kappa shape index (κ1) is 14.1. The van der Waals surface area contributed by atoms with E-state index in [1.807, 2.05) is 0 Å². The van der Waals surface area contributed by atoms with Crippen LogP contribution in [0.25, 0.3) is 0 Å². The molecule has 1 aliphatic rings. The van der Waals surface area contributed by atoms with Gasteiger partial charge in [0.1, 0.15) is 15.6 Å². The van der Waals surface area contributed by atoms with Crippen LogP contribution in [0.5, 0.6) is 5.75 Å². The molecule has 19 heavy (non-hydrogen) atoms. The third-order valence-electron chi connectivity index (χ3n) is 3.10. The van der Waals surface area contributed by atoms with Gasteiger partial charge in [0.15, 0.2) is 0 Å². The molecule has 1 saturated heterocycles. The van der Waals surface area contributed by atoms with Crippen LogP contribution in [0, 0.1) is 0 Å². The van der Waals surface area contributed by atoms with Crippen LogP contribution in [-0.4, -0.2) is 37.0 Å². The number of hydrogen-bond acceptors (Lipinski definition) is 4. The Morgan fingerprint density at radius 2 is 1.95 bits per heavy atom. The fourth-order valence-electron chi connectivity index (χ4n) is 1.95. The van der Waals surface area contributed by atoms with Crippen LogP contribution in [0.15, 0.2) is 18.2 Å². The van der Waals surface area contributed by atoms with Gasteiger partial charge in [-0.15, -0.1) is 0 Å². The number of rotatable bonds is 2. The van der Waals surface area contributed by atoms with Crippen molar-refractivity contribution >= 4 is 27.3 Å². The molecule has 104 valence electrons. The third-order valence-corrected chi connectivity index (χ3v) is 5.12. The largest absolute Gasteiger partial charge is 0.506 e. The van der Waals surface area contributed by atoms with E-state index in [2.05, 4.69) is 5.32 Å². The number of halogens is 1. The zero-order valence-electron chi connectivity index (χ0n) is 10.1. The molecule has 1 heterocycles. The van der Waals surface area contributed by atoms with Gasteiger partial charge < -0.3 is 10.4 Å². The highest BCUT2D eigenvalue weighted by Crippen LogP contribution is 2.23. The van der Waals surface area contributed by atoms with E-state index in [0.717, 1.165) is 0 Å². The summed E-state index contributed by atoms with van der Waals surface area (Å²) in [7, 11) is -2.93. The molecular weight excluding hydrogens is 290 g/mol. The van der Waals surface area contributed by atoms with Crippen LogP contribution in [0.2, 0.25) is 5.02 Å². The molecule has 1 aliphatic heterocycles. The third kappa shape index (κ3) is 3.61. The first-order valence-electron chi connectivity index (χ1n) is 5.87. The number of carbonyl (C=O) groups excluding carboxylic acids is 1. The first-order valence-corrected chi connectivity index (χ1v) is 8.07. The Morgan fingerprint density at radius 3 is 2.53 bits per heavy atom. The van der Waals surface area contributed by atoms with Gasteiger partial charge in [0.25, 0.3) is 5.91 Å². The molecule has 2 N–H and O–H groups in total. The fraction of sp³-hybridized carbons (Fsp3) is 0.417. The van der Waals surface area contributed by atoms with Gasteiger partial charge in [-0.25, -0.2) is 8.42 Å². The second-order valence-corrected chi connectivity index (χ2v) is 7.28. The summed E-state index contributed by atoms with van der Waals surface area (Å²) in [5, 5.41) is 12.2. The minimum atomic E-state index is -2.93. The van der Waals surface area contributed by atoms with Gasteiger partial charge in [0, 0.05) is 11.6 Å². The average Bonchev–Trinajstić information content (AvgIpc) is 2.35. The Bertz CT molecular complexity index is 586. The minimum Gasteiger partial charge on any atom is -0.506 e. The number of phenolic OH excluding ortho intramolecular Hbond substituents is 1. The molecule has 1 fully saturated rings. The van der Waals surface area contributed by atoms with Crippen molar-refractivity contribution in [3.05, 3.63) is 28.8 Å². The Morgan fingerprint density at radius 1 is 1.32 bits per heavy atom. The van der Waals surface area contributed by atoms with Crippen LogP contribution < -0.4 is 5.32 Å². The lowest BCUT2D eigenvalue weighted by Gasteiger charge is -2.23. The number of aromatic hydroxyl groups is 1. The van der Waals surface area contributed by atoms with Crippen molar-refractivity contribution in [1.29, 1.82) is 0 Å². The Hall–Kier alpha value is -1.27. The molecule has 0 aromatic heterocycles. The highest BCUT2D eigenvalue weighted by atomic mass is 35.5. The SMILES string of the molecule is O=C(NC1CCS(=O)(=O)CC1)c1ccc(O)c(Cl)c1. The van der Waals surface area contributed by atoms with Crippen molar-refractivity contribution < 1.29 is 18.3 Å². The molecule has 5 nitrogen and oxygen atoms in total. The molecule has 0 aliphatic carbocycles. The van der Waals surface area contributed by atoms with Crippen LogP contribution in [-0.2, 0) is 9.84 Å². The summed E-state index contributed by atoms with van der Waals surface area (Å²) in [6.45, 7) is 0. The lowest BCUT2D eigenvalue weighted by molar-refractivity contribution is 0.0934. The molecule has 0 saturated carbocycles. The molecule has 0 atom stereocenters. The van der Waals surface area contributed by atoms with E-state index in [4.69, 9.17) is 11.6 Å². The van der Waals surface area contributed by atoms with E-state index in [-0.39, 0.29) is 34.2 Å². The monoisotopic (exact) mass is 303 g/mol. The zero-order chi connectivity index (χ0) is 14.0. The number of benzene rings is 1. The van der Waals surface area contributed by atoms with E-state index < -0.39 is 9.84 Å². The van der Waals surface area contributed by atoms with E-state index in [9.17, 15) is 18.3 Å². The number of nitrogens with one attached hydrogen (secondary N) is 1. The predicted octanol–water partition coefficient (Wildman–Crippen LogP) is 1.35. The molecule has 1 aromatic rings. The summed E-state index contributed by atoms with van der Waals surface area (Å²) < 4.78 is 22.6. The second-order valence-electron chi connectivity index (χ2n) is 4.57. The number of phenols is 1. The second kappa shape index (κ2) is 5.38. The van der Waals surface area contributed by atoms with Crippen molar-refractivity contribution in [2.45, 2.75) is 18.9 Å². The van der Waals surface area contributed by atoms with Gasteiger partial charge in [-0.05, 0) is 31.0 Å². The average molecular weight is 304 g/mol. The van der Waals surface area contributed by atoms with E-state index >= 15 is 0 Å². The molecule has 2 rings (SSSR count). The summed E-state index contributed by atoms with van der Waals surface area (Å²) in [6, 6.07) is 4.06. The number of sulfone groups is 1. The molecule has 7 heteroatoms. The molecule has 1 aromatic carbocycles. The molecule has 1 amide bonds. The summed E-state index contributed by atoms with van der Waals surface area (Å²) >= 11 is 5.73. The molecule has 0 bridgehead atoms. The fourth-order valence-corrected chi connectivity index (χ4v) is 3.62. The molecular formula is C12H14ClNO4S. The number of carbonyl (C=O) groups is 1. The van der Waals surface area contributed by atoms with E-state index in [1.54, 1.807) is 0 Å². The van der Waals surface area contributed by atoms with Crippen molar-refractivity contribution in [1.82, 2.24) is 5.32 Å². The summed E-state index contributed by atoms with van der Waals surface area (Å²) in [6.07, 6.45) is 0.861. The minimum absolute atomic E-state index is 0.0815. The van der Waals surface area contributed by atoms with Gasteiger partial charge >= 0.3 is 0 Å². The molecule has 0 unspecified atom stereocenters. The molecule has 0 radical (unpaired) electrons. The Labute approximate surface area is 116 Å². The van der Waals surface area contributed by atoms with Crippen LogP contribution >= 0.6 is 11.6 Å². The van der Waals surface area contributed by atoms with Crippen LogP contribution in [0.3, 0.4) is 0 Å². The number of amides is 1. The zero-order valence-corrected chi connectivity index (χ0v) is 11.7. The van der Waals surface area contributed by atoms with Gasteiger partial charge in [0.05, 0.1) is 16.5 Å². The van der Waals surface area contributed by atoms with Crippen molar-refractivity contribution in [3.8, 4) is 5.75 Å². The van der Waals surface area contributed by atoms with Crippen LogP contribution in [0.1, 0.15) is 23.2 Å². The maximum Gasteiger partial charge on any atom is 0.251 e. The van der Waals surface area contributed by atoms with E-state index in [0.29, 0.717) is 18.4 Å². The lowest BCUT2D eigenvalue weighted by Crippen LogP contribution is -2.40. The summed E-state index contributed by atoms with van der Waals surface area (Å²) in [4.78, 5) is 11.9. The standard InChI is InChI=1S/C12H14ClNO4S/c13-10-7-8(1-2-11(10)15)12(16)14-9-3-5-19(17,18)6-4-9/h1-2,7,9,15H,3-6H2,(H,14,16). The normalized spacial score (nSPS) is 19.0. The van der Waals surface area contributed by atoms with Crippen molar-refractivity contribution in [2.24, 2.45) is 0 Å². The van der Waals surface area contributed by atoms with Gasteiger partial charge in [-0.3, -0.25) is 4.79 Å². The Balaban J connectivity index is 2.00. The van der Waals surface area contributed by atoms with E-state index in [1.165, 1.54) is 18.2 Å². The summed E-state index contributed by atoms with van der Waals surface area (Å²) in [5.74, 6) is -0.184. The van der Waals surface area contributed by atoms with Crippen molar-refractivity contribution in [2.75, 3.05) is 11.5 Å². The lowest BCUT2D eigenvalue weighted by atomic mass is 10.1. The van der Waals surface area contributed by atoms with Crippen LogP contribution in [0.4, 0.5) is 0 Å². The van der Waals surface area contributed by atoms with Gasteiger partial charge in [-0.1, -0.05) is 11.6 Å². The predicted molar refractivity (Wildman–Crippen MR) is 72.3 cm³/mol. The maximum atomic E-state index is 11.9. The first-order chi connectivity index (χ1) is 8.87. The smallest absolute Gasteiger partial charge is 0.251 e. The molecule has 0 spiro atoms. The Kier molecular flexibility index (Phi) is 4.01. The van der Waals surface area contributed by atoms with Gasteiger partial charge in [-0.2, -0.15) is 0 Å². The summed E-state index contributed by atoms with van der Waals surface area (Å²) in [5.41, 5.74) is 0.344. The maximum absolute atomic E-state index is 11.9.